The molecule has 3 rings (SSSR count). The van der Waals surface area contributed by atoms with Gasteiger partial charge in [-0.25, -0.2) is 4.39 Å². The van der Waals surface area contributed by atoms with Gasteiger partial charge in [0.1, 0.15) is 11.5 Å². The van der Waals surface area contributed by atoms with Crippen LogP contribution in [0.15, 0.2) is 34.9 Å². The molecular weight excluding hydrogens is 293 g/mol. The molecule has 124 valence electrons. The highest BCUT2D eigenvalue weighted by atomic mass is 19.1. The number of rotatable bonds is 6. The Balaban J connectivity index is 1.50. The molecule has 4 nitrogen and oxygen atoms in total. The fraction of sp³-hybridized carbons (Fsp3) is 0.500. The monoisotopic (exact) mass is 317 g/mol. The third-order valence-corrected chi connectivity index (χ3v) is 4.28. The van der Waals surface area contributed by atoms with Crippen molar-refractivity contribution in [1.29, 1.82) is 0 Å². The molecule has 1 aromatic carbocycles. The van der Waals surface area contributed by atoms with Gasteiger partial charge < -0.3 is 14.7 Å². The molecule has 0 radical (unpaired) electrons. The molecule has 2 aromatic rings. The lowest BCUT2D eigenvalue weighted by Crippen LogP contribution is -2.41. The van der Waals surface area contributed by atoms with Crippen molar-refractivity contribution >= 4 is 0 Å². The SMILES string of the molecule is C[C@@H](CN1CCCCC1)NCc1cc(-c2cccc(F)c2)no1. The van der Waals surface area contributed by atoms with Gasteiger partial charge in [-0.15, -0.1) is 0 Å². The predicted octanol–water partition coefficient (Wildman–Crippen LogP) is 3.44. The molecule has 0 saturated carbocycles. The van der Waals surface area contributed by atoms with Crippen LogP contribution in [0.25, 0.3) is 11.3 Å². The fourth-order valence-corrected chi connectivity index (χ4v) is 3.05. The molecular formula is C18H24FN3O. The number of hydrogen-bond donors (Lipinski definition) is 1. The Morgan fingerprint density at radius 3 is 2.87 bits per heavy atom. The fourth-order valence-electron chi connectivity index (χ4n) is 3.05. The topological polar surface area (TPSA) is 41.3 Å². The zero-order valence-electron chi connectivity index (χ0n) is 13.6. The minimum absolute atomic E-state index is 0.264. The minimum atomic E-state index is -0.264. The first-order valence-corrected chi connectivity index (χ1v) is 8.38. The van der Waals surface area contributed by atoms with Gasteiger partial charge in [0.05, 0.1) is 6.54 Å². The van der Waals surface area contributed by atoms with E-state index in [2.05, 4.69) is 22.3 Å². The number of nitrogens with one attached hydrogen (secondary N) is 1. The van der Waals surface area contributed by atoms with Crippen LogP contribution in [0.5, 0.6) is 0 Å². The Hall–Kier alpha value is -1.72. The third-order valence-electron chi connectivity index (χ3n) is 4.28. The van der Waals surface area contributed by atoms with Gasteiger partial charge in [-0.05, 0) is 45.0 Å². The summed E-state index contributed by atoms with van der Waals surface area (Å²) in [6.45, 7) is 6.30. The van der Waals surface area contributed by atoms with Crippen LogP contribution >= 0.6 is 0 Å². The second-order valence-corrected chi connectivity index (χ2v) is 6.33. The molecule has 1 aromatic heterocycles. The highest BCUT2D eigenvalue weighted by molar-refractivity contribution is 5.58. The van der Waals surface area contributed by atoms with Gasteiger partial charge in [-0.3, -0.25) is 0 Å². The lowest BCUT2D eigenvalue weighted by molar-refractivity contribution is 0.207. The molecule has 0 amide bonds. The molecule has 1 aliphatic rings. The van der Waals surface area contributed by atoms with Crippen LogP contribution in [-0.2, 0) is 6.54 Å². The number of benzene rings is 1. The molecule has 0 bridgehead atoms. The largest absolute Gasteiger partial charge is 0.359 e. The summed E-state index contributed by atoms with van der Waals surface area (Å²) >= 11 is 0. The molecule has 5 heteroatoms. The van der Waals surface area contributed by atoms with Crippen LogP contribution in [0.4, 0.5) is 4.39 Å². The zero-order valence-corrected chi connectivity index (χ0v) is 13.6. The molecule has 0 aliphatic carbocycles. The Kier molecular flexibility index (Phi) is 5.41. The Morgan fingerprint density at radius 1 is 1.26 bits per heavy atom. The quantitative estimate of drug-likeness (QED) is 0.886. The minimum Gasteiger partial charge on any atom is -0.359 e. The van der Waals surface area contributed by atoms with E-state index < -0.39 is 0 Å². The molecule has 1 saturated heterocycles. The summed E-state index contributed by atoms with van der Waals surface area (Å²) in [5.74, 6) is 0.509. The summed E-state index contributed by atoms with van der Waals surface area (Å²) in [7, 11) is 0. The van der Waals surface area contributed by atoms with Crippen LogP contribution in [0.2, 0.25) is 0 Å². The Bertz CT molecular complexity index is 622. The maximum absolute atomic E-state index is 13.3. The number of piperidine rings is 1. The second-order valence-electron chi connectivity index (χ2n) is 6.33. The van der Waals surface area contributed by atoms with Crippen LogP contribution < -0.4 is 5.32 Å². The van der Waals surface area contributed by atoms with Crippen molar-refractivity contribution in [2.75, 3.05) is 19.6 Å². The smallest absolute Gasteiger partial charge is 0.151 e. The summed E-state index contributed by atoms with van der Waals surface area (Å²) in [5.41, 5.74) is 1.41. The maximum Gasteiger partial charge on any atom is 0.151 e. The summed E-state index contributed by atoms with van der Waals surface area (Å²) in [6.07, 6.45) is 3.98. The van der Waals surface area contributed by atoms with E-state index in [9.17, 15) is 4.39 Å². The maximum atomic E-state index is 13.3. The molecule has 2 heterocycles. The van der Waals surface area contributed by atoms with Crippen molar-refractivity contribution in [3.8, 4) is 11.3 Å². The van der Waals surface area contributed by atoms with Crippen LogP contribution in [-0.4, -0.2) is 35.7 Å². The van der Waals surface area contributed by atoms with E-state index in [0.717, 1.165) is 17.9 Å². The number of aromatic nitrogens is 1. The number of halogens is 1. The van der Waals surface area contributed by atoms with E-state index in [0.29, 0.717) is 18.3 Å². The first kappa shape index (κ1) is 16.1. The summed E-state index contributed by atoms with van der Waals surface area (Å²) in [6, 6.07) is 8.67. The van der Waals surface area contributed by atoms with Crippen molar-refractivity contribution in [3.63, 3.8) is 0 Å². The molecule has 1 N–H and O–H groups in total. The van der Waals surface area contributed by atoms with Crippen LogP contribution in [0.1, 0.15) is 31.9 Å². The average molecular weight is 317 g/mol. The summed E-state index contributed by atoms with van der Waals surface area (Å²) in [4.78, 5) is 2.51. The predicted molar refractivity (Wildman–Crippen MR) is 88.5 cm³/mol. The first-order chi connectivity index (χ1) is 11.2. The number of hydrogen-bond acceptors (Lipinski definition) is 4. The first-order valence-electron chi connectivity index (χ1n) is 8.38. The molecule has 1 aliphatic heterocycles. The van der Waals surface area contributed by atoms with Crippen molar-refractivity contribution < 1.29 is 8.91 Å². The highest BCUT2D eigenvalue weighted by Crippen LogP contribution is 2.20. The van der Waals surface area contributed by atoms with Gasteiger partial charge >= 0.3 is 0 Å². The zero-order chi connectivity index (χ0) is 16.1. The Labute approximate surface area is 136 Å². The van der Waals surface area contributed by atoms with E-state index >= 15 is 0 Å². The molecule has 0 unspecified atom stereocenters. The van der Waals surface area contributed by atoms with E-state index in [1.165, 1.54) is 44.5 Å². The van der Waals surface area contributed by atoms with E-state index in [1.54, 1.807) is 6.07 Å². The molecule has 1 atom stereocenters. The van der Waals surface area contributed by atoms with Gasteiger partial charge in [0, 0.05) is 24.2 Å². The summed E-state index contributed by atoms with van der Waals surface area (Å²) in [5, 5.41) is 7.50. The number of nitrogens with zero attached hydrogens (tertiary/aromatic N) is 2. The van der Waals surface area contributed by atoms with Gasteiger partial charge in [-0.2, -0.15) is 0 Å². The lowest BCUT2D eigenvalue weighted by Gasteiger charge is -2.29. The third kappa shape index (κ3) is 4.62. The van der Waals surface area contributed by atoms with Gasteiger partial charge in [0.25, 0.3) is 0 Å². The van der Waals surface area contributed by atoms with E-state index in [1.807, 2.05) is 12.1 Å². The van der Waals surface area contributed by atoms with Crippen LogP contribution in [0, 0.1) is 5.82 Å². The standard InChI is InChI=1S/C18H24FN3O/c1-14(13-22-8-3-2-4-9-22)20-12-17-11-18(21-23-17)15-6-5-7-16(19)10-15/h5-7,10-11,14,20H,2-4,8-9,12-13H2,1H3/t14-/m0/s1. The highest BCUT2D eigenvalue weighted by Gasteiger charge is 2.14. The van der Waals surface area contributed by atoms with Crippen molar-refractivity contribution in [2.45, 2.75) is 38.8 Å². The average Bonchev–Trinajstić information content (AvgIpc) is 3.03. The van der Waals surface area contributed by atoms with Crippen molar-refractivity contribution in [2.24, 2.45) is 0 Å². The van der Waals surface area contributed by atoms with E-state index in [-0.39, 0.29) is 5.82 Å². The summed E-state index contributed by atoms with van der Waals surface area (Å²) < 4.78 is 18.6. The van der Waals surface area contributed by atoms with E-state index in [4.69, 9.17) is 4.52 Å². The molecule has 1 fully saturated rings. The second kappa shape index (κ2) is 7.70. The van der Waals surface area contributed by atoms with Gasteiger partial charge in [0.2, 0.25) is 0 Å². The van der Waals surface area contributed by atoms with Gasteiger partial charge in [-0.1, -0.05) is 23.7 Å². The van der Waals surface area contributed by atoms with Gasteiger partial charge in [0.15, 0.2) is 5.76 Å². The Morgan fingerprint density at radius 2 is 2.09 bits per heavy atom. The molecule has 0 spiro atoms. The van der Waals surface area contributed by atoms with Crippen LogP contribution in [0.3, 0.4) is 0 Å². The van der Waals surface area contributed by atoms with Crippen molar-refractivity contribution in [3.05, 3.63) is 41.9 Å². The lowest BCUT2D eigenvalue weighted by atomic mass is 10.1. The normalized spacial score (nSPS) is 17.3. The molecule has 23 heavy (non-hydrogen) atoms. The van der Waals surface area contributed by atoms with Crippen molar-refractivity contribution in [1.82, 2.24) is 15.4 Å². The number of likely N-dealkylation sites (tertiary alicyclic amines) is 1.